The molecule has 0 radical (unpaired) electrons. The highest BCUT2D eigenvalue weighted by Crippen LogP contribution is 2.26. The Hall–Kier alpha value is -4.49. The molecule has 3 aromatic heterocycles. The van der Waals surface area contributed by atoms with Gasteiger partial charge in [0.05, 0.1) is 30.4 Å². The van der Waals surface area contributed by atoms with Gasteiger partial charge in [0.1, 0.15) is 6.07 Å². The fraction of sp³-hybridized carbons (Fsp3) is 0.296. The zero-order chi connectivity index (χ0) is 26.2. The fourth-order valence-corrected chi connectivity index (χ4v) is 4.43. The largest absolute Gasteiger partial charge is 0.481 e. The van der Waals surface area contributed by atoms with Crippen molar-refractivity contribution in [1.82, 2.24) is 19.5 Å². The summed E-state index contributed by atoms with van der Waals surface area (Å²) in [6.07, 6.45) is 13.6. The highest BCUT2D eigenvalue weighted by atomic mass is 16.5. The van der Waals surface area contributed by atoms with Crippen LogP contribution in [0.1, 0.15) is 35.1 Å². The van der Waals surface area contributed by atoms with Gasteiger partial charge in [-0.1, -0.05) is 6.07 Å². The van der Waals surface area contributed by atoms with E-state index in [1.807, 2.05) is 30.6 Å². The van der Waals surface area contributed by atoms with Gasteiger partial charge in [-0.25, -0.2) is 9.50 Å². The summed E-state index contributed by atoms with van der Waals surface area (Å²) in [6.45, 7) is 2.73. The number of nitrogens with zero attached hydrogens (tertiary/aromatic N) is 7. The van der Waals surface area contributed by atoms with Gasteiger partial charge in [-0.3, -0.25) is 14.9 Å². The van der Waals surface area contributed by atoms with E-state index in [9.17, 15) is 5.26 Å². The number of pyridine rings is 2. The molecular formula is C27H31N9O. The number of aromatic nitrogens is 3. The Balaban J connectivity index is 1.51. The summed E-state index contributed by atoms with van der Waals surface area (Å²) in [4.78, 5) is 15.6. The number of piperidine rings is 1. The number of allylic oxidation sites excluding steroid dienone is 2. The van der Waals surface area contributed by atoms with Gasteiger partial charge in [-0.05, 0) is 24.5 Å². The summed E-state index contributed by atoms with van der Waals surface area (Å²) in [7, 11) is 3.30. The topological polar surface area (TPSA) is 143 Å². The lowest BCUT2D eigenvalue weighted by Gasteiger charge is -2.30. The minimum Gasteiger partial charge on any atom is -0.481 e. The van der Waals surface area contributed by atoms with E-state index in [1.54, 1.807) is 37.3 Å². The Morgan fingerprint density at radius 1 is 1.19 bits per heavy atom. The SMILES string of the molecule is CN=CC(=CN)c1cc(C(C=NC2CCN(Cc3ccc(OC)nc3)CC2)=CN)c2c(C#N)cnn2c1. The molecule has 0 amide bonds. The number of ether oxygens (including phenoxy) is 1. The third-order valence-corrected chi connectivity index (χ3v) is 6.40. The lowest BCUT2D eigenvalue weighted by atomic mass is 10.00. The molecule has 4 rings (SSSR count). The third kappa shape index (κ3) is 5.85. The number of hydrogen-bond donors (Lipinski definition) is 2. The van der Waals surface area contributed by atoms with Gasteiger partial charge in [0.2, 0.25) is 5.88 Å². The molecule has 4 N–H and O–H groups in total. The van der Waals surface area contributed by atoms with Crippen LogP contribution in [-0.2, 0) is 6.54 Å². The highest BCUT2D eigenvalue weighted by molar-refractivity contribution is 6.14. The summed E-state index contributed by atoms with van der Waals surface area (Å²) in [6, 6.07) is 8.28. The summed E-state index contributed by atoms with van der Waals surface area (Å²) >= 11 is 0. The van der Waals surface area contributed by atoms with E-state index in [2.05, 4.69) is 26.0 Å². The normalized spacial score (nSPS) is 16.1. The molecule has 0 unspecified atom stereocenters. The van der Waals surface area contributed by atoms with Crippen LogP contribution in [0.25, 0.3) is 16.7 Å². The van der Waals surface area contributed by atoms with Crippen LogP contribution in [0.4, 0.5) is 0 Å². The lowest BCUT2D eigenvalue weighted by molar-refractivity contribution is 0.206. The van der Waals surface area contributed by atoms with Crippen molar-refractivity contribution >= 4 is 29.1 Å². The first-order valence-electron chi connectivity index (χ1n) is 12.0. The average molecular weight is 498 g/mol. The molecule has 10 heteroatoms. The number of methoxy groups -OCH3 is 1. The molecule has 3 aromatic rings. The van der Waals surface area contributed by atoms with Crippen molar-refractivity contribution in [2.75, 3.05) is 27.2 Å². The zero-order valence-corrected chi connectivity index (χ0v) is 21.1. The molecule has 1 fully saturated rings. The monoisotopic (exact) mass is 497 g/mol. The summed E-state index contributed by atoms with van der Waals surface area (Å²) < 4.78 is 6.81. The molecule has 0 aromatic carbocycles. The molecule has 37 heavy (non-hydrogen) atoms. The van der Waals surface area contributed by atoms with Gasteiger partial charge in [0.25, 0.3) is 0 Å². The Morgan fingerprint density at radius 3 is 2.59 bits per heavy atom. The van der Waals surface area contributed by atoms with Crippen molar-refractivity contribution in [3.8, 4) is 11.9 Å². The Kier molecular flexibility index (Phi) is 8.28. The molecule has 1 aliphatic rings. The first kappa shape index (κ1) is 25.6. The van der Waals surface area contributed by atoms with Crippen molar-refractivity contribution in [2.45, 2.75) is 25.4 Å². The van der Waals surface area contributed by atoms with Gasteiger partial charge in [0, 0.05) is 92.2 Å². The van der Waals surface area contributed by atoms with Crippen molar-refractivity contribution in [1.29, 1.82) is 5.26 Å². The Bertz CT molecular complexity index is 1390. The molecule has 4 heterocycles. The van der Waals surface area contributed by atoms with E-state index in [4.69, 9.17) is 21.2 Å². The second-order valence-electron chi connectivity index (χ2n) is 8.73. The Labute approximate surface area is 216 Å². The molecule has 1 aliphatic heterocycles. The number of fused-ring (bicyclic) bond motifs is 1. The predicted molar refractivity (Wildman–Crippen MR) is 146 cm³/mol. The maximum absolute atomic E-state index is 9.65. The van der Waals surface area contributed by atoms with Crippen LogP contribution in [0.2, 0.25) is 0 Å². The number of hydrogen-bond acceptors (Lipinski definition) is 9. The van der Waals surface area contributed by atoms with Gasteiger partial charge < -0.3 is 16.2 Å². The third-order valence-electron chi connectivity index (χ3n) is 6.40. The van der Waals surface area contributed by atoms with Gasteiger partial charge >= 0.3 is 0 Å². The highest BCUT2D eigenvalue weighted by Gasteiger charge is 2.19. The summed E-state index contributed by atoms with van der Waals surface area (Å²) in [5.41, 5.74) is 17.2. The quantitative estimate of drug-likeness (QED) is 0.455. The summed E-state index contributed by atoms with van der Waals surface area (Å²) in [5.74, 6) is 0.620. The maximum atomic E-state index is 9.65. The molecular weight excluding hydrogens is 466 g/mol. The first-order chi connectivity index (χ1) is 18.1. The predicted octanol–water partition coefficient (Wildman–Crippen LogP) is 2.64. The van der Waals surface area contributed by atoms with E-state index in [1.165, 1.54) is 12.4 Å². The van der Waals surface area contributed by atoms with Crippen LogP contribution in [0.3, 0.4) is 0 Å². The van der Waals surface area contributed by atoms with Crippen molar-refractivity contribution in [2.24, 2.45) is 21.5 Å². The van der Waals surface area contributed by atoms with Crippen LogP contribution in [0.15, 0.2) is 59.2 Å². The maximum Gasteiger partial charge on any atom is 0.212 e. The van der Waals surface area contributed by atoms with Crippen LogP contribution in [0, 0.1) is 11.3 Å². The van der Waals surface area contributed by atoms with Crippen molar-refractivity contribution in [3.63, 3.8) is 0 Å². The molecule has 190 valence electrons. The van der Waals surface area contributed by atoms with E-state index >= 15 is 0 Å². The average Bonchev–Trinajstić information content (AvgIpc) is 3.36. The second kappa shape index (κ2) is 12.0. The van der Waals surface area contributed by atoms with Crippen LogP contribution in [-0.4, -0.2) is 65.2 Å². The number of likely N-dealkylation sites (tertiary alicyclic amines) is 1. The molecule has 0 bridgehead atoms. The van der Waals surface area contributed by atoms with Gasteiger partial charge in [-0.2, -0.15) is 10.4 Å². The molecule has 10 nitrogen and oxygen atoms in total. The minimum absolute atomic E-state index is 0.187. The molecule has 0 saturated carbocycles. The number of nitrogens with two attached hydrogens (primary N) is 2. The minimum atomic E-state index is 0.187. The fourth-order valence-electron chi connectivity index (χ4n) is 4.43. The van der Waals surface area contributed by atoms with E-state index in [0.717, 1.165) is 54.7 Å². The summed E-state index contributed by atoms with van der Waals surface area (Å²) in [5, 5.41) is 14.0. The number of rotatable bonds is 8. The smallest absolute Gasteiger partial charge is 0.212 e. The van der Waals surface area contributed by atoms with Gasteiger partial charge in [-0.15, -0.1) is 0 Å². The molecule has 0 aliphatic carbocycles. The van der Waals surface area contributed by atoms with E-state index < -0.39 is 0 Å². The first-order valence-corrected chi connectivity index (χ1v) is 12.0. The standard InChI is InChI=1S/C27H31N9O/c1-31-14-21(10-28)20-9-25(27-23(12-30)16-34-36(27)18-20)22(11-29)15-32-24-5-7-35(8-6-24)17-19-3-4-26(37-2)33-13-19/h3-4,9-11,13-16,18,24H,5-8,17,28-29H2,1-2H3. The van der Waals surface area contributed by atoms with Crippen LogP contribution >= 0.6 is 0 Å². The second-order valence-corrected chi connectivity index (χ2v) is 8.73. The van der Waals surface area contributed by atoms with Crippen LogP contribution in [0.5, 0.6) is 5.88 Å². The molecule has 0 spiro atoms. The van der Waals surface area contributed by atoms with Crippen LogP contribution < -0.4 is 16.2 Å². The lowest BCUT2D eigenvalue weighted by Crippen LogP contribution is -2.34. The van der Waals surface area contributed by atoms with E-state index in [0.29, 0.717) is 22.5 Å². The Morgan fingerprint density at radius 2 is 1.97 bits per heavy atom. The van der Waals surface area contributed by atoms with Gasteiger partial charge in [0.15, 0.2) is 0 Å². The molecule has 1 saturated heterocycles. The zero-order valence-electron chi connectivity index (χ0n) is 21.1. The number of nitriles is 1. The van der Waals surface area contributed by atoms with Crippen molar-refractivity contribution in [3.05, 3.63) is 71.4 Å². The number of aliphatic imine (C=N–C) groups is 2. The van der Waals surface area contributed by atoms with E-state index in [-0.39, 0.29) is 6.04 Å². The molecule has 0 atom stereocenters. The van der Waals surface area contributed by atoms with Crippen molar-refractivity contribution < 1.29 is 4.74 Å².